The normalized spacial score (nSPS) is 11.8. The first-order chi connectivity index (χ1) is 9.92. The fourth-order valence-electron chi connectivity index (χ4n) is 2.32. The highest BCUT2D eigenvalue weighted by atomic mass is 35.5. The van der Waals surface area contributed by atoms with E-state index in [0.717, 1.165) is 35.9 Å². The van der Waals surface area contributed by atoms with Gasteiger partial charge in [-0.3, -0.25) is 0 Å². The van der Waals surface area contributed by atoms with Crippen LogP contribution < -0.4 is 0 Å². The van der Waals surface area contributed by atoms with Gasteiger partial charge in [0.1, 0.15) is 5.60 Å². The number of nitrogens with zero attached hydrogens (tertiary/aromatic N) is 1. The van der Waals surface area contributed by atoms with E-state index in [0.29, 0.717) is 5.88 Å². The van der Waals surface area contributed by atoms with Gasteiger partial charge in [0.2, 0.25) is 0 Å². The fraction of sp³-hybridized carbons (Fsp3) is 0.471. The number of unbranched alkanes of at least 4 members (excludes halogenated alkanes) is 1. The Labute approximate surface area is 130 Å². The second-order valence-electron chi connectivity index (χ2n) is 6.16. The lowest BCUT2D eigenvalue weighted by Crippen LogP contribution is -2.28. The number of aryl methyl sites for hydroxylation is 1. The van der Waals surface area contributed by atoms with E-state index < -0.39 is 5.60 Å². The average Bonchev–Trinajstić information content (AvgIpc) is 2.75. The number of aromatic nitrogens is 1. The van der Waals surface area contributed by atoms with Crippen LogP contribution in [0.25, 0.3) is 10.9 Å². The van der Waals surface area contributed by atoms with E-state index in [4.69, 9.17) is 16.3 Å². The predicted octanol–water partition coefficient (Wildman–Crippen LogP) is 4.99. The summed E-state index contributed by atoms with van der Waals surface area (Å²) in [6, 6.07) is 9.94. The Bertz CT molecular complexity index is 625. The van der Waals surface area contributed by atoms with Crippen LogP contribution in [0.15, 0.2) is 30.3 Å². The van der Waals surface area contributed by atoms with Gasteiger partial charge in [0.25, 0.3) is 0 Å². The van der Waals surface area contributed by atoms with Crippen LogP contribution in [0.1, 0.15) is 39.3 Å². The largest absolute Gasteiger partial charge is 0.443 e. The van der Waals surface area contributed by atoms with Gasteiger partial charge in [-0.05, 0) is 52.2 Å². The van der Waals surface area contributed by atoms with Gasteiger partial charge in [0, 0.05) is 17.0 Å². The molecule has 0 aliphatic carbocycles. The molecule has 21 heavy (non-hydrogen) atoms. The van der Waals surface area contributed by atoms with E-state index in [-0.39, 0.29) is 6.09 Å². The van der Waals surface area contributed by atoms with Crippen LogP contribution in [0.4, 0.5) is 4.79 Å². The summed E-state index contributed by atoms with van der Waals surface area (Å²) >= 11 is 5.74. The van der Waals surface area contributed by atoms with Crippen LogP contribution in [0, 0.1) is 0 Å². The van der Waals surface area contributed by atoms with E-state index in [2.05, 4.69) is 6.07 Å². The first-order valence-electron chi connectivity index (χ1n) is 7.31. The summed E-state index contributed by atoms with van der Waals surface area (Å²) in [6.45, 7) is 5.64. The van der Waals surface area contributed by atoms with Gasteiger partial charge in [0.15, 0.2) is 0 Å². The summed E-state index contributed by atoms with van der Waals surface area (Å²) in [5, 5.41) is 1.06. The third-order valence-electron chi connectivity index (χ3n) is 3.18. The zero-order valence-corrected chi connectivity index (χ0v) is 13.6. The molecule has 0 bridgehead atoms. The molecule has 1 heterocycles. The Hall–Kier alpha value is -1.48. The molecule has 1 aromatic heterocycles. The monoisotopic (exact) mass is 307 g/mol. The molecular weight excluding hydrogens is 286 g/mol. The third kappa shape index (κ3) is 4.01. The van der Waals surface area contributed by atoms with Crippen molar-refractivity contribution in [3.05, 3.63) is 36.0 Å². The number of para-hydroxylation sites is 1. The molecule has 0 radical (unpaired) electrons. The summed E-state index contributed by atoms with van der Waals surface area (Å²) in [5.74, 6) is 0.646. The number of fused-ring (bicyclic) bond motifs is 1. The Morgan fingerprint density at radius 3 is 2.62 bits per heavy atom. The Balaban J connectivity index is 2.37. The van der Waals surface area contributed by atoms with Gasteiger partial charge < -0.3 is 4.74 Å². The van der Waals surface area contributed by atoms with Crippen molar-refractivity contribution in [2.75, 3.05) is 5.88 Å². The zero-order valence-electron chi connectivity index (χ0n) is 12.9. The minimum Gasteiger partial charge on any atom is -0.443 e. The number of carbonyl (C=O) groups is 1. The highest BCUT2D eigenvalue weighted by Gasteiger charge is 2.21. The minimum atomic E-state index is -0.504. The second kappa shape index (κ2) is 6.52. The van der Waals surface area contributed by atoms with Crippen molar-refractivity contribution in [3.63, 3.8) is 0 Å². The van der Waals surface area contributed by atoms with Gasteiger partial charge in [-0.2, -0.15) is 0 Å². The van der Waals surface area contributed by atoms with Crippen LogP contribution >= 0.6 is 11.6 Å². The second-order valence-corrected chi connectivity index (χ2v) is 6.53. The maximum absolute atomic E-state index is 12.5. The van der Waals surface area contributed by atoms with E-state index in [9.17, 15) is 4.79 Å². The maximum Gasteiger partial charge on any atom is 0.419 e. The third-order valence-corrected chi connectivity index (χ3v) is 3.45. The molecule has 0 fully saturated rings. The summed E-state index contributed by atoms with van der Waals surface area (Å²) in [7, 11) is 0. The molecule has 1 aromatic carbocycles. The number of hydrogen-bond acceptors (Lipinski definition) is 2. The van der Waals surface area contributed by atoms with Gasteiger partial charge in [-0.1, -0.05) is 18.2 Å². The standard InChI is InChI=1S/C17H22ClNO2/c1-17(2,3)21-16(20)19-14(9-6-7-11-18)12-13-8-4-5-10-15(13)19/h4-5,8,10,12H,6-7,9,11H2,1-3H3. The summed E-state index contributed by atoms with van der Waals surface area (Å²) in [6.07, 6.45) is 2.41. The molecule has 0 amide bonds. The van der Waals surface area contributed by atoms with E-state index in [1.165, 1.54) is 0 Å². The number of halogens is 1. The van der Waals surface area contributed by atoms with Crippen molar-refractivity contribution < 1.29 is 9.53 Å². The molecule has 0 aliphatic rings. The summed E-state index contributed by atoms with van der Waals surface area (Å²) < 4.78 is 7.22. The maximum atomic E-state index is 12.5. The Morgan fingerprint density at radius 1 is 1.24 bits per heavy atom. The molecule has 0 N–H and O–H groups in total. The lowest BCUT2D eigenvalue weighted by atomic mass is 10.2. The van der Waals surface area contributed by atoms with Gasteiger partial charge in [-0.15, -0.1) is 11.6 Å². The minimum absolute atomic E-state index is 0.315. The van der Waals surface area contributed by atoms with Crippen molar-refractivity contribution in [2.24, 2.45) is 0 Å². The van der Waals surface area contributed by atoms with Crippen LogP contribution in [-0.4, -0.2) is 22.1 Å². The SMILES string of the molecule is CC(C)(C)OC(=O)n1c(CCCCCl)cc2ccccc21. The number of carbonyl (C=O) groups excluding carboxylic acids is 1. The summed E-state index contributed by atoms with van der Waals surface area (Å²) in [5.41, 5.74) is 1.37. The number of hydrogen-bond donors (Lipinski definition) is 0. The van der Waals surface area contributed by atoms with E-state index in [1.807, 2.05) is 45.0 Å². The molecule has 0 unspecified atom stereocenters. The number of rotatable bonds is 4. The molecule has 114 valence electrons. The van der Waals surface area contributed by atoms with Crippen molar-refractivity contribution >= 4 is 28.6 Å². The van der Waals surface area contributed by atoms with Crippen molar-refractivity contribution in [2.45, 2.75) is 45.6 Å². The quantitative estimate of drug-likeness (QED) is 0.589. The number of ether oxygens (including phenoxy) is 1. The van der Waals surface area contributed by atoms with Crippen molar-refractivity contribution in [1.29, 1.82) is 0 Å². The van der Waals surface area contributed by atoms with Crippen molar-refractivity contribution in [3.8, 4) is 0 Å². The van der Waals surface area contributed by atoms with Crippen molar-refractivity contribution in [1.82, 2.24) is 4.57 Å². The predicted molar refractivity (Wildman–Crippen MR) is 87.2 cm³/mol. The van der Waals surface area contributed by atoms with Crippen LogP contribution in [-0.2, 0) is 11.2 Å². The van der Waals surface area contributed by atoms with Gasteiger partial charge >= 0.3 is 6.09 Å². The zero-order chi connectivity index (χ0) is 15.5. The van der Waals surface area contributed by atoms with Crippen LogP contribution in [0.3, 0.4) is 0 Å². The molecule has 0 spiro atoms. The fourth-order valence-corrected chi connectivity index (χ4v) is 2.51. The molecule has 0 saturated heterocycles. The molecule has 3 nitrogen and oxygen atoms in total. The van der Waals surface area contributed by atoms with Crippen LogP contribution in [0.5, 0.6) is 0 Å². The smallest absolute Gasteiger partial charge is 0.419 e. The molecule has 2 rings (SSSR count). The first kappa shape index (κ1) is 15.9. The van der Waals surface area contributed by atoms with Gasteiger partial charge in [0.05, 0.1) is 5.52 Å². The highest BCUT2D eigenvalue weighted by Crippen LogP contribution is 2.23. The van der Waals surface area contributed by atoms with Gasteiger partial charge in [-0.25, -0.2) is 9.36 Å². The molecule has 0 saturated carbocycles. The lowest BCUT2D eigenvalue weighted by molar-refractivity contribution is 0.0540. The molecule has 0 atom stereocenters. The average molecular weight is 308 g/mol. The molecule has 2 aromatic rings. The van der Waals surface area contributed by atoms with E-state index in [1.54, 1.807) is 4.57 Å². The summed E-state index contributed by atoms with van der Waals surface area (Å²) in [4.78, 5) is 12.5. The molecule has 4 heteroatoms. The molecule has 0 aliphatic heterocycles. The number of benzene rings is 1. The van der Waals surface area contributed by atoms with E-state index >= 15 is 0 Å². The Morgan fingerprint density at radius 2 is 1.95 bits per heavy atom. The first-order valence-corrected chi connectivity index (χ1v) is 7.84. The molecular formula is C17H22ClNO2. The Kier molecular flexibility index (Phi) is 4.94. The number of alkyl halides is 1. The highest BCUT2D eigenvalue weighted by molar-refractivity contribution is 6.17. The lowest BCUT2D eigenvalue weighted by Gasteiger charge is -2.21. The topological polar surface area (TPSA) is 31.2 Å². The van der Waals surface area contributed by atoms with Crippen LogP contribution in [0.2, 0.25) is 0 Å².